The Bertz CT molecular complexity index is 505. The van der Waals surface area contributed by atoms with E-state index in [4.69, 9.17) is 0 Å². The van der Waals surface area contributed by atoms with E-state index in [2.05, 4.69) is 47.3 Å². The second-order valence-electron chi connectivity index (χ2n) is 4.98. The summed E-state index contributed by atoms with van der Waals surface area (Å²) in [5.41, 5.74) is 2.20. The van der Waals surface area contributed by atoms with E-state index >= 15 is 0 Å². The molecule has 0 aliphatic heterocycles. The van der Waals surface area contributed by atoms with Crippen molar-refractivity contribution in [2.45, 2.75) is 45.6 Å². The smallest absolute Gasteiger partial charge is 0.116 e. The van der Waals surface area contributed by atoms with Crippen molar-refractivity contribution >= 4 is 10.9 Å². The van der Waals surface area contributed by atoms with Gasteiger partial charge in [0.25, 0.3) is 0 Å². The van der Waals surface area contributed by atoms with E-state index in [0.29, 0.717) is 6.04 Å². The minimum absolute atomic E-state index is 0.517. The minimum Gasteiger partial charge on any atom is -0.314 e. The van der Waals surface area contributed by atoms with Gasteiger partial charge in [0, 0.05) is 17.8 Å². The van der Waals surface area contributed by atoms with Crippen LogP contribution in [-0.2, 0) is 6.42 Å². The maximum absolute atomic E-state index is 4.49. The highest BCUT2D eigenvalue weighted by Crippen LogP contribution is 2.16. The van der Waals surface area contributed by atoms with Gasteiger partial charge in [-0.3, -0.25) is 0 Å². The molecule has 2 aromatic rings. The summed E-state index contributed by atoms with van der Waals surface area (Å²) >= 11 is 0. The lowest BCUT2D eigenvalue weighted by atomic mass is 10.0. The summed E-state index contributed by atoms with van der Waals surface area (Å²) < 4.78 is 0. The highest BCUT2D eigenvalue weighted by atomic mass is 14.9. The molecule has 1 N–H and O–H groups in total. The van der Waals surface area contributed by atoms with Crippen molar-refractivity contribution in [3.8, 4) is 0 Å². The van der Waals surface area contributed by atoms with Gasteiger partial charge in [-0.15, -0.1) is 0 Å². The van der Waals surface area contributed by atoms with Crippen LogP contribution in [0.15, 0.2) is 30.6 Å². The monoisotopic (exact) mass is 257 g/mol. The number of hydrogen-bond donors (Lipinski definition) is 1. The first-order valence-corrected chi connectivity index (χ1v) is 7.27. The third-order valence-corrected chi connectivity index (χ3v) is 3.39. The molecule has 0 amide bonds. The fraction of sp³-hybridized carbons (Fsp3) is 0.500. The number of para-hydroxylation sites is 1. The molecule has 3 nitrogen and oxygen atoms in total. The molecule has 19 heavy (non-hydrogen) atoms. The van der Waals surface area contributed by atoms with Crippen molar-refractivity contribution in [1.29, 1.82) is 0 Å². The lowest BCUT2D eigenvalue weighted by molar-refractivity contribution is 0.470. The van der Waals surface area contributed by atoms with Gasteiger partial charge in [-0.1, -0.05) is 38.5 Å². The zero-order valence-corrected chi connectivity index (χ0v) is 11.9. The molecule has 0 saturated carbocycles. The Kier molecular flexibility index (Phi) is 5.28. The lowest BCUT2D eigenvalue weighted by Crippen LogP contribution is -2.32. The second-order valence-corrected chi connectivity index (χ2v) is 4.98. The fourth-order valence-electron chi connectivity index (χ4n) is 2.43. The standard InChI is InChI=1S/C16H23N3/c1-3-7-13(17-10-4-2)11-16-14-8-5-6-9-15(14)18-12-19-16/h5-6,8-9,12-13,17H,3-4,7,10-11H2,1-2H3. The fourth-order valence-corrected chi connectivity index (χ4v) is 2.43. The van der Waals surface area contributed by atoms with Gasteiger partial charge in [0.15, 0.2) is 0 Å². The van der Waals surface area contributed by atoms with Gasteiger partial charge in [-0.2, -0.15) is 0 Å². The van der Waals surface area contributed by atoms with Gasteiger partial charge in [-0.05, 0) is 25.5 Å². The molecule has 1 aromatic heterocycles. The zero-order valence-electron chi connectivity index (χ0n) is 11.9. The SMILES string of the molecule is CCCNC(CCC)Cc1ncnc2ccccc12. The third kappa shape index (κ3) is 3.74. The molecule has 1 heterocycles. The first-order chi connectivity index (χ1) is 9.35. The summed E-state index contributed by atoms with van der Waals surface area (Å²) in [7, 11) is 0. The maximum atomic E-state index is 4.49. The average molecular weight is 257 g/mol. The molecule has 0 bridgehead atoms. The normalized spacial score (nSPS) is 12.7. The average Bonchev–Trinajstić information content (AvgIpc) is 2.45. The summed E-state index contributed by atoms with van der Waals surface area (Å²) in [6.45, 7) is 5.52. The first-order valence-electron chi connectivity index (χ1n) is 7.27. The number of hydrogen-bond acceptors (Lipinski definition) is 3. The van der Waals surface area contributed by atoms with E-state index in [9.17, 15) is 0 Å². The van der Waals surface area contributed by atoms with Crippen molar-refractivity contribution in [2.24, 2.45) is 0 Å². The van der Waals surface area contributed by atoms with Crippen LogP contribution in [0.3, 0.4) is 0 Å². The Balaban J connectivity index is 2.18. The number of fused-ring (bicyclic) bond motifs is 1. The van der Waals surface area contributed by atoms with Gasteiger partial charge < -0.3 is 5.32 Å². The molecule has 2 rings (SSSR count). The summed E-state index contributed by atoms with van der Waals surface area (Å²) in [5, 5.41) is 4.81. The summed E-state index contributed by atoms with van der Waals surface area (Å²) in [6.07, 6.45) is 6.23. The van der Waals surface area contributed by atoms with E-state index in [-0.39, 0.29) is 0 Å². The van der Waals surface area contributed by atoms with Crippen LogP contribution in [0.25, 0.3) is 10.9 Å². The van der Waals surface area contributed by atoms with Crippen LogP contribution in [-0.4, -0.2) is 22.6 Å². The van der Waals surface area contributed by atoms with Crippen molar-refractivity contribution < 1.29 is 0 Å². The summed E-state index contributed by atoms with van der Waals surface area (Å²) in [5.74, 6) is 0. The van der Waals surface area contributed by atoms with Gasteiger partial charge in [0.1, 0.15) is 6.33 Å². The minimum atomic E-state index is 0.517. The quantitative estimate of drug-likeness (QED) is 0.826. The van der Waals surface area contributed by atoms with Gasteiger partial charge in [0.05, 0.1) is 11.2 Å². The first kappa shape index (κ1) is 13.9. The predicted molar refractivity (Wildman–Crippen MR) is 80.2 cm³/mol. The topological polar surface area (TPSA) is 37.8 Å². The van der Waals surface area contributed by atoms with E-state index < -0.39 is 0 Å². The van der Waals surface area contributed by atoms with Crippen LogP contribution in [0, 0.1) is 0 Å². The molecule has 0 radical (unpaired) electrons. The molecule has 3 heteroatoms. The van der Waals surface area contributed by atoms with E-state index in [0.717, 1.165) is 24.2 Å². The molecule has 0 aliphatic carbocycles. The molecule has 0 spiro atoms. The number of nitrogens with one attached hydrogen (secondary N) is 1. The Hall–Kier alpha value is -1.48. The lowest BCUT2D eigenvalue weighted by Gasteiger charge is -2.18. The number of rotatable bonds is 7. The van der Waals surface area contributed by atoms with Gasteiger partial charge in [-0.25, -0.2) is 9.97 Å². The molecular weight excluding hydrogens is 234 g/mol. The summed E-state index contributed by atoms with van der Waals surface area (Å²) in [4.78, 5) is 8.81. The highest BCUT2D eigenvalue weighted by molar-refractivity contribution is 5.80. The van der Waals surface area contributed by atoms with Crippen LogP contribution in [0.4, 0.5) is 0 Å². The summed E-state index contributed by atoms with van der Waals surface area (Å²) in [6, 6.07) is 8.77. The van der Waals surface area contributed by atoms with E-state index in [1.807, 2.05) is 6.07 Å². The number of nitrogens with zero attached hydrogens (tertiary/aromatic N) is 2. The van der Waals surface area contributed by atoms with Crippen LogP contribution in [0.2, 0.25) is 0 Å². The van der Waals surface area contributed by atoms with Crippen molar-refractivity contribution in [3.05, 3.63) is 36.3 Å². The van der Waals surface area contributed by atoms with Crippen LogP contribution in [0.1, 0.15) is 38.8 Å². The molecule has 0 saturated heterocycles. The molecule has 102 valence electrons. The highest BCUT2D eigenvalue weighted by Gasteiger charge is 2.11. The molecule has 1 aromatic carbocycles. The van der Waals surface area contributed by atoms with E-state index in [1.165, 1.54) is 24.6 Å². The predicted octanol–water partition coefficient (Wildman–Crippen LogP) is 3.34. The van der Waals surface area contributed by atoms with Crippen LogP contribution < -0.4 is 5.32 Å². The van der Waals surface area contributed by atoms with Crippen molar-refractivity contribution in [3.63, 3.8) is 0 Å². The molecular formula is C16H23N3. The molecule has 1 unspecified atom stereocenters. The Morgan fingerprint density at radius 2 is 1.95 bits per heavy atom. The number of aromatic nitrogens is 2. The van der Waals surface area contributed by atoms with Crippen LogP contribution in [0.5, 0.6) is 0 Å². The molecule has 1 atom stereocenters. The van der Waals surface area contributed by atoms with Gasteiger partial charge in [0.2, 0.25) is 0 Å². The largest absolute Gasteiger partial charge is 0.314 e. The Morgan fingerprint density at radius 1 is 1.11 bits per heavy atom. The van der Waals surface area contributed by atoms with Gasteiger partial charge >= 0.3 is 0 Å². The second kappa shape index (κ2) is 7.19. The van der Waals surface area contributed by atoms with Crippen LogP contribution >= 0.6 is 0 Å². The third-order valence-electron chi connectivity index (χ3n) is 3.39. The molecule has 0 aliphatic rings. The number of benzene rings is 1. The zero-order chi connectivity index (χ0) is 13.5. The van der Waals surface area contributed by atoms with E-state index in [1.54, 1.807) is 6.33 Å². The molecule has 0 fully saturated rings. The maximum Gasteiger partial charge on any atom is 0.116 e. The Morgan fingerprint density at radius 3 is 2.74 bits per heavy atom. The van der Waals surface area contributed by atoms with Crippen molar-refractivity contribution in [2.75, 3.05) is 6.54 Å². The van der Waals surface area contributed by atoms with Crippen molar-refractivity contribution in [1.82, 2.24) is 15.3 Å². The Labute approximate surface area is 115 Å².